The lowest BCUT2D eigenvalue weighted by atomic mass is 10.1. The average Bonchev–Trinajstić information content (AvgIpc) is 2.48. The van der Waals surface area contributed by atoms with Crippen LogP contribution in [0.4, 0.5) is 5.69 Å². The molecular weight excluding hydrogens is 346 g/mol. The number of rotatable bonds is 6. The molecule has 0 saturated carbocycles. The predicted molar refractivity (Wildman–Crippen MR) is 102 cm³/mol. The summed E-state index contributed by atoms with van der Waals surface area (Å²) in [5.74, 6) is -1.88. The van der Waals surface area contributed by atoms with E-state index in [1.807, 2.05) is 13.8 Å². The molecule has 0 spiro atoms. The maximum Gasteiger partial charge on any atom is 0.277 e. The minimum atomic E-state index is -3.33. The first kappa shape index (κ1) is 25.2. The summed E-state index contributed by atoms with van der Waals surface area (Å²) < 4.78 is 24.1. The van der Waals surface area contributed by atoms with E-state index < -0.39 is 27.2 Å². The normalized spacial score (nSPS) is 10.3. The van der Waals surface area contributed by atoms with Gasteiger partial charge in [-0.05, 0) is 12.5 Å². The molecule has 0 unspecified atom stereocenters. The van der Waals surface area contributed by atoms with Crippen molar-refractivity contribution in [3.05, 3.63) is 21.5 Å². The van der Waals surface area contributed by atoms with E-state index in [9.17, 15) is 23.1 Å². The minimum Gasteiger partial charge on any atom is -0.494 e. The van der Waals surface area contributed by atoms with Crippen LogP contribution < -0.4 is 16.2 Å². The van der Waals surface area contributed by atoms with Crippen molar-refractivity contribution in [3.63, 3.8) is 0 Å². The Balaban J connectivity index is 0. The number of hydrogen-bond acceptors (Lipinski definition) is 6. The van der Waals surface area contributed by atoms with Crippen LogP contribution in [0.5, 0.6) is 5.88 Å². The fraction of sp³-hybridized carbons (Fsp3) is 0.625. The molecular formula is C16H31N3O5S. The number of aromatic hydroxyl groups is 1. The third kappa shape index (κ3) is 5.77. The van der Waals surface area contributed by atoms with Crippen LogP contribution in [-0.2, 0) is 16.4 Å². The number of nitrogens with two attached hydrogens (primary N) is 1. The zero-order chi connectivity index (χ0) is 19.2. The number of amides is 1. The van der Waals surface area contributed by atoms with Gasteiger partial charge in [0.2, 0.25) is 5.88 Å². The first-order chi connectivity index (χ1) is 11.0. The van der Waals surface area contributed by atoms with Crippen molar-refractivity contribution in [1.29, 1.82) is 0 Å². The van der Waals surface area contributed by atoms with Gasteiger partial charge in [-0.15, -0.1) is 0 Å². The summed E-state index contributed by atoms with van der Waals surface area (Å²) in [6.45, 7) is 6.75. The Bertz CT molecular complexity index is 752. The summed E-state index contributed by atoms with van der Waals surface area (Å²) >= 11 is 0. The number of aromatic nitrogens is 1. The SMILES string of the molecule is C.CC.CCS(=O)(=O)CCn1c(O)c(C(N)=O)c(C)c(N(C)C)c1=O. The fourth-order valence-electron chi connectivity index (χ4n) is 2.21. The van der Waals surface area contributed by atoms with Crippen molar-refractivity contribution in [2.24, 2.45) is 5.73 Å². The molecule has 8 nitrogen and oxygen atoms in total. The standard InChI is InChI=1S/C13H21N3O5S.C2H6.CH4/c1-5-22(20,21)7-6-16-12(18)9(11(14)17)8(2)10(13(16)19)15(3)4;1-2;/h18H,5-7H2,1-4H3,(H2,14,17);1-2H3;1H4. The summed E-state index contributed by atoms with van der Waals surface area (Å²) in [5.41, 5.74) is 4.94. The van der Waals surface area contributed by atoms with Gasteiger partial charge in [-0.3, -0.25) is 14.2 Å². The molecule has 146 valence electrons. The highest BCUT2D eigenvalue weighted by molar-refractivity contribution is 7.91. The summed E-state index contributed by atoms with van der Waals surface area (Å²) in [6, 6.07) is 0. The van der Waals surface area contributed by atoms with Gasteiger partial charge in [0.1, 0.15) is 11.3 Å². The van der Waals surface area contributed by atoms with Crippen molar-refractivity contribution < 1.29 is 18.3 Å². The van der Waals surface area contributed by atoms with Gasteiger partial charge in [0.15, 0.2) is 9.84 Å². The van der Waals surface area contributed by atoms with Crippen LogP contribution in [0.1, 0.15) is 44.1 Å². The van der Waals surface area contributed by atoms with Crippen LogP contribution in [0.2, 0.25) is 0 Å². The molecule has 0 aliphatic rings. The fourth-order valence-corrected chi connectivity index (χ4v) is 2.96. The number of carbonyl (C=O) groups is 1. The third-order valence-corrected chi connectivity index (χ3v) is 5.10. The molecule has 0 bridgehead atoms. The lowest BCUT2D eigenvalue weighted by Crippen LogP contribution is -2.33. The topological polar surface area (TPSA) is 123 Å². The quantitative estimate of drug-likeness (QED) is 0.766. The van der Waals surface area contributed by atoms with Crippen molar-refractivity contribution >= 4 is 21.4 Å². The van der Waals surface area contributed by atoms with Crippen LogP contribution in [0.3, 0.4) is 0 Å². The molecule has 1 amide bonds. The van der Waals surface area contributed by atoms with Gasteiger partial charge >= 0.3 is 0 Å². The maximum absolute atomic E-state index is 12.4. The maximum atomic E-state index is 12.4. The molecule has 1 aromatic rings. The van der Waals surface area contributed by atoms with Crippen molar-refractivity contribution in [3.8, 4) is 5.88 Å². The van der Waals surface area contributed by atoms with E-state index in [1.54, 1.807) is 14.1 Å². The Labute approximate surface area is 150 Å². The summed E-state index contributed by atoms with van der Waals surface area (Å²) in [7, 11) is -0.109. The summed E-state index contributed by atoms with van der Waals surface area (Å²) in [4.78, 5) is 25.5. The van der Waals surface area contributed by atoms with Gasteiger partial charge in [-0.25, -0.2) is 8.42 Å². The molecule has 1 heterocycles. The van der Waals surface area contributed by atoms with Crippen molar-refractivity contribution in [2.45, 2.75) is 41.7 Å². The monoisotopic (exact) mass is 377 g/mol. The molecule has 0 fully saturated rings. The lowest BCUT2D eigenvalue weighted by Gasteiger charge is -2.20. The first-order valence-corrected chi connectivity index (χ1v) is 9.49. The highest BCUT2D eigenvalue weighted by Gasteiger charge is 2.24. The van der Waals surface area contributed by atoms with E-state index in [0.717, 1.165) is 4.57 Å². The van der Waals surface area contributed by atoms with Gasteiger partial charge in [-0.2, -0.15) is 0 Å². The van der Waals surface area contributed by atoms with E-state index in [1.165, 1.54) is 18.7 Å². The molecule has 0 aliphatic heterocycles. The van der Waals surface area contributed by atoms with Crippen LogP contribution >= 0.6 is 0 Å². The van der Waals surface area contributed by atoms with Crippen LogP contribution in [-0.4, -0.2) is 49.6 Å². The zero-order valence-electron chi connectivity index (χ0n) is 15.1. The van der Waals surface area contributed by atoms with Crippen molar-refractivity contribution in [2.75, 3.05) is 30.5 Å². The Morgan fingerprint density at radius 2 is 1.76 bits per heavy atom. The molecule has 1 aromatic heterocycles. The van der Waals surface area contributed by atoms with Gasteiger partial charge in [0, 0.05) is 26.4 Å². The number of sulfone groups is 1. The van der Waals surface area contributed by atoms with Crippen LogP contribution in [0.15, 0.2) is 4.79 Å². The van der Waals surface area contributed by atoms with Crippen LogP contribution in [0, 0.1) is 6.92 Å². The van der Waals surface area contributed by atoms with Gasteiger partial charge in [0.05, 0.1) is 5.75 Å². The van der Waals surface area contributed by atoms with Gasteiger partial charge in [0.25, 0.3) is 11.5 Å². The summed E-state index contributed by atoms with van der Waals surface area (Å²) in [5, 5.41) is 10.1. The second-order valence-electron chi connectivity index (χ2n) is 5.12. The van der Waals surface area contributed by atoms with E-state index in [0.29, 0.717) is 0 Å². The first-order valence-electron chi connectivity index (χ1n) is 7.67. The van der Waals surface area contributed by atoms with E-state index in [-0.39, 0.29) is 42.3 Å². The second-order valence-corrected chi connectivity index (χ2v) is 7.60. The number of nitrogens with zero attached hydrogens (tertiary/aromatic N) is 2. The minimum absolute atomic E-state index is 0. The van der Waals surface area contributed by atoms with E-state index in [4.69, 9.17) is 5.73 Å². The number of anilines is 1. The molecule has 0 aromatic carbocycles. The smallest absolute Gasteiger partial charge is 0.277 e. The Hall–Kier alpha value is -2.03. The molecule has 1 rings (SSSR count). The Kier molecular flexibility index (Phi) is 10.2. The second kappa shape index (κ2) is 10.1. The zero-order valence-corrected chi connectivity index (χ0v) is 15.9. The molecule has 0 saturated heterocycles. The molecule has 0 atom stereocenters. The lowest BCUT2D eigenvalue weighted by molar-refractivity contribution is 0.0995. The highest BCUT2D eigenvalue weighted by Crippen LogP contribution is 2.25. The van der Waals surface area contributed by atoms with E-state index >= 15 is 0 Å². The molecule has 9 heteroatoms. The number of carbonyl (C=O) groups excluding carboxylic acids is 1. The molecule has 0 aliphatic carbocycles. The van der Waals surface area contributed by atoms with Crippen LogP contribution in [0.25, 0.3) is 0 Å². The van der Waals surface area contributed by atoms with Gasteiger partial charge in [-0.1, -0.05) is 28.2 Å². The Morgan fingerprint density at radius 3 is 2.12 bits per heavy atom. The molecule has 25 heavy (non-hydrogen) atoms. The largest absolute Gasteiger partial charge is 0.494 e. The van der Waals surface area contributed by atoms with Gasteiger partial charge < -0.3 is 15.7 Å². The van der Waals surface area contributed by atoms with Crippen molar-refractivity contribution in [1.82, 2.24) is 4.57 Å². The number of pyridine rings is 1. The Morgan fingerprint density at radius 1 is 1.28 bits per heavy atom. The number of primary amides is 1. The third-order valence-electron chi connectivity index (χ3n) is 3.42. The predicted octanol–water partition coefficient (Wildman–Crippen LogP) is 1.12. The molecule has 3 N–H and O–H groups in total. The summed E-state index contributed by atoms with van der Waals surface area (Å²) in [6.07, 6.45) is 0. The highest BCUT2D eigenvalue weighted by atomic mass is 32.2. The molecule has 0 radical (unpaired) electrons. The average molecular weight is 378 g/mol. The van der Waals surface area contributed by atoms with E-state index in [2.05, 4.69) is 0 Å². The number of hydrogen-bond donors (Lipinski definition) is 2.